The Labute approximate surface area is 268 Å². The van der Waals surface area contributed by atoms with Gasteiger partial charge in [0.15, 0.2) is 0 Å². The van der Waals surface area contributed by atoms with Crippen LogP contribution in [0.5, 0.6) is 5.75 Å². The van der Waals surface area contributed by atoms with E-state index in [1.54, 1.807) is 30.3 Å². The number of sulfonamides is 1. The lowest BCUT2D eigenvalue weighted by Crippen LogP contribution is -2.53. The van der Waals surface area contributed by atoms with Gasteiger partial charge in [-0.25, -0.2) is 8.42 Å². The minimum Gasteiger partial charge on any atom is -0.497 e. The molecule has 1 atom stereocenters. The first kappa shape index (κ1) is 32.9. The number of nitrogens with zero attached hydrogens (tertiary/aromatic N) is 2. The van der Waals surface area contributed by atoms with Crippen LogP contribution in [0, 0.1) is 6.92 Å². The smallest absolute Gasteiger partial charge is 0.264 e. The molecule has 0 aromatic heterocycles. The Kier molecular flexibility index (Phi) is 10.9. The van der Waals surface area contributed by atoms with Crippen molar-refractivity contribution in [3.05, 3.63) is 124 Å². The van der Waals surface area contributed by atoms with Crippen molar-refractivity contribution in [2.24, 2.45) is 0 Å². The Morgan fingerprint density at radius 2 is 1.55 bits per heavy atom. The van der Waals surface area contributed by atoms with Crippen molar-refractivity contribution in [3.63, 3.8) is 0 Å². The van der Waals surface area contributed by atoms with Gasteiger partial charge in [0.05, 0.1) is 27.7 Å². The third-order valence-electron chi connectivity index (χ3n) is 7.08. The predicted octanol–water partition coefficient (Wildman–Crippen LogP) is 5.89. The number of ether oxygens (including phenoxy) is 1. The highest BCUT2D eigenvalue weighted by atomic mass is 35.5. The quantitative estimate of drug-likeness (QED) is 0.206. The number of anilines is 1. The van der Waals surface area contributed by atoms with E-state index in [2.05, 4.69) is 5.32 Å². The van der Waals surface area contributed by atoms with Gasteiger partial charge in [-0.1, -0.05) is 83.4 Å². The molecule has 0 saturated heterocycles. The van der Waals surface area contributed by atoms with Gasteiger partial charge in [0.2, 0.25) is 11.8 Å². The minimum atomic E-state index is -4.26. The monoisotopic (exact) mass is 653 g/mol. The van der Waals surface area contributed by atoms with Crippen LogP contribution < -0.4 is 14.4 Å². The number of methoxy groups -OCH3 is 1. The highest BCUT2D eigenvalue weighted by molar-refractivity contribution is 7.92. The number of likely N-dealkylation sites (N-methyl/N-ethyl adjacent to an activating group) is 1. The maximum Gasteiger partial charge on any atom is 0.264 e. The van der Waals surface area contributed by atoms with Crippen LogP contribution in [-0.2, 0) is 32.6 Å². The number of benzene rings is 4. The molecule has 11 heteroatoms. The van der Waals surface area contributed by atoms with E-state index in [0.717, 1.165) is 15.4 Å². The maximum atomic E-state index is 14.4. The highest BCUT2D eigenvalue weighted by Crippen LogP contribution is 2.31. The standard InChI is InChI=1S/C33H33Cl2N3O5S/c1-23-12-15-28(16-13-23)44(41,42)38(26-14-17-29(34)30(35)20-26)22-32(39)37(21-25-10-7-11-27(18-25)43-3)31(33(40)36-2)19-24-8-5-4-6-9-24/h4-18,20,31H,19,21-22H2,1-3H3,(H,36,40). The van der Waals surface area contributed by atoms with E-state index in [1.165, 1.54) is 49.4 Å². The predicted molar refractivity (Wildman–Crippen MR) is 174 cm³/mol. The third-order valence-corrected chi connectivity index (χ3v) is 9.61. The normalized spacial score (nSPS) is 11.8. The molecule has 44 heavy (non-hydrogen) atoms. The largest absolute Gasteiger partial charge is 0.497 e. The number of amides is 2. The summed E-state index contributed by atoms with van der Waals surface area (Å²) >= 11 is 12.4. The van der Waals surface area contributed by atoms with Crippen molar-refractivity contribution >= 4 is 50.7 Å². The van der Waals surface area contributed by atoms with Crippen molar-refractivity contribution < 1.29 is 22.7 Å². The lowest BCUT2D eigenvalue weighted by atomic mass is 10.0. The molecule has 0 aliphatic rings. The van der Waals surface area contributed by atoms with E-state index >= 15 is 0 Å². The van der Waals surface area contributed by atoms with Gasteiger partial charge in [-0.05, 0) is 60.5 Å². The Hall–Kier alpha value is -4.05. The van der Waals surface area contributed by atoms with Gasteiger partial charge in [-0.2, -0.15) is 0 Å². The number of carbonyl (C=O) groups is 2. The Bertz CT molecular complexity index is 1720. The molecule has 1 unspecified atom stereocenters. The summed E-state index contributed by atoms with van der Waals surface area (Å²) in [6.45, 7) is 1.25. The number of nitrogens with one attached hydrogen (secondary N) is 1. The summed E-state index contributed by atoms with van der Waals surface area (Å²) in [5.41, 5.74) is 2.55. The van der Waals surface area contributed by atoms with Gasteiger partial charge in [-0.15, -0.1) is 0 Å². The molecule has 0 saturated carbocycles. The zero-order valence-electron chi connectivity index (χ0n) is 24.5. The molecule has 0 radical (unpaired) electrons. The summed E-state index contributed by atoms with van der Waals surface area (Å²) in [6, 6.07) is 26.2. The molecule has 0 aliphatic heterocycles. The van der Waals surface area contributed by atoms with Gasteiger partial charge >= 0.3 is 0 Å². The Balaban J connectivity index is 1.81. The van der Waals surface area contributed by atoms with Crippen LogP contribution in [-0.4, -0.2) is 51.9 Å². The van der Waals surface area contributed by atoms with E-state index in [0.29, 0.717) is 11.3 Å². The van der Waals surface area contributed by atoms with E-state index < -0.39 is 34.4 Å². The average Bonchev–Trinajstić information content (AvgIpc) is 3.03. The zero-order valence-corrected chi connectivity index (χ0v) is 26.9. The molecule has 0 aliphatic carbocycles. The molecular formula is C33H33Cl2N3O5S. The number of carbonyl (C=O) groups excluding carboxylic acids is 2. The molecule has 230 valence electrons. The van der Waals surface area contributed by atoms with Crippen molar-refractivity contribution in [1.82, 2.24) is 10.2 Å². The van der Waals surface area contributed by atoms with Gasteiger partial charge in [0.1, 0.15) is 18.3 Å². The van der Waals surface area contributed by atoms with Crippen LogP contribution in [0.3, 0.4) is 0 Å². The number of hydrogen-bond donors (Lipinski definition) is 1. The second-order valence-electron chi connectivity index (χ2n) is 10.1. The van der Waals surface area contributed by atoms with E-state index in [1.807, 2.05) is 43.3 Å². The summed E-state index contributed by atoms with van der Waals surface area (Å²) in [4.78, 5) is 29.1. The molecule has 2 amide bonds. The van der Waals surface area contributed by atoms with Gasteiger partial charge in [0, 0.05) is 20.0 Å². The van der Waals surface area contributed by atoms with E-state index in [-0.39, 0.29) is 33.6 Å². The van der Waals surface area contributed by atoms with E-state index in [9.17, 15) is 18.0 Å². The fourth-order valence-corrected chi connectivity index (χ4v) is 6.39. The SMILES string of the molecule is CNC(=O)C(Cc1ccccc1)N(Cc1cccc(OC)c1)C(=O)CN(c1ccc(Cl)c(Cl)c1)S(=O)(=O)c1ccc(C)cc1. The van der Waals surface area contributed by atoms with Crippen molar-refractivity contribution in [2.75, 3.05) is 25.0 Å². The van der Waals surface area contributed by atoms with Crippen LogP contribution in [0.15, 0.2) is 102 Å². The topological polar surface area (TPSA) is 96.0 Å². The van der Waals surface area contributed by atoms with Gasteiger partial charge < -0.3 is 15.0 Å². The summed E-state index contributed by atoms with van der Waals surface area (Å²) in [5.74, 6) is -0.416. The van der Waals surface area contributed by atoms with Crippen LogP contribution in [0.1, 0.15) is 16.7 Å². The summed E-state index contributed by atoms with van der Waals surface area (Å²) in [5, 5.41) is 3.03. The molecular weight excluding hydrogens is 621 g/mol. The van der Waals surface area contributed by atoms with Crippen LogP contribution in [0.25, 0.3) is 0 Å². The van der Waals surface area contributed by atoms with Gasteiger partial charge in [-0.3, -0.25) is 13.9 Å². The Morgan fingerprint density at radius 3 is 2.18 bits per heavy atom. The molecule has 8 nitrogen and oxygen atoms in total. The fourth-order valence-electron chi connectivity index (χ4n) is 4.69. The molecule has 4 rings (SSSR count). The highest BCUT2D eigenvalue weighted by Gasteiger charge is 2.34. The van der Waals surface area contributed by atoms with Crippen molar-refractivity contribution in [2.45, 2.75) is 30.8 Å². The van der Waals surface area contributed by atoms with Crippen molar-refractivity contribution in [1.29, 1.82) is 0 Å². The molecule has 4 aromatic carbocycles. The maximum absolute atomic E-state index is 14.4. The second kappa shape index (κ2) is 14.6. The first-order valence-corrected chi connectivity index (χ1v) is 16.0. The van der Waals surface area contributed by atoms with Crippen molar-refractivity contribution in [3.8, 4) is 5.75 Å². The number of rotatable bonds is 12. The number of aryl methyl sites for hydroxylation is 1. The number of halogens is 2. The van der Waals surface area contributed by atoms with Gasteiger partial charge in [0.25, 0.3) is 10.0 Å². The third kappa shape index (κ3) is 7.91. The summed E-state index contributed by atoms with van der Waals surface area (Å²) in [6.07, 6.45) is 0.202. The molecule has 0 spiro atoms. The molecule has 0 fully saturated rings. The summed E-state index contributed by atoms with van der Waals surface area (Å²) < 4.78 is 34.5. The molecule has 0 heterocycles. The zero-order chi connectivity index (χ0) is 31.9. The van der Waals surface area contributed by atoms with E-state index in [4.69, 9.17) is 27.9 Å². The average molecular weight is 655 g/mol. The first-order valence-electron chi connectivity index (χ1n) is 13.8. The second-order valence-corrected chi connectivity index (χ2v) is 12.8. The fraction of sp³-hybridized carbons (Fsp3) is 0.212. The minimum absolute atomic E-state index is 0.00606. The van der Waals surface area contributed by atoms with Crippen LogP contribution in [0.4, 0.5) is 5.69 Å². The first-order chi connectivity index (χ1) is 21.0. The number of hydrogen-bond acceptors (Lipinski definition) is 5. The lowest BCUT2D eigenvalue weighted by molar-refractivity contribution is -0.139. The van der Waals surface area contributed by atoms with Crippen LogP contribution in [0.2, 0.25) is 10.0 Å². The summed E-state index contributed by atoms with van der Waals surface area (Å²) in [7, 11) is -1.22. The molecule has 1 N–H and O–H groups in total. The lowest BCUT2D eigenvalue weighted by Gasteiger charge is -2.33. The molecule has 4 aromatic rings. The molecule has 0 bridgehead atoms. The van der Waals surface area contributed by atoms with Crippen LogP contribution >= 0.6 is 23.2 Å². The Morgan fingerprint density at radius 1 is 0.864 bits per heavy atom.